The Kier molecular flexibility index (Phi) is 4.51. The Labute approximate surface area is 138 Å². The molecule has 0 spiro atoms. The maximum Gasteiger partial charge on any atom is 0.351 e. The summed E-state index contributed by atoms with van der Waals surface area (Å²) in [5.41, 5.74) is -0.467. The fraction of sp³-hybridized carbons (Fsp3) is 0.263. The van der Waals surface area contributed by atoms with Gasteiger partial charge >= 0.3 is 5.63 Å². The predicted molar refractivity (Wildman–Crippen MR) is 89.6 cm³/mol. The largest absolute Gasteiger partial charge is 0.489 e. The number of carbonyl (C=O) groups excluding carboxylic acids is 1. The highest BCUT2D eigenvalue weighted by molar-refractivity contribution is 6.11. The lowest BCUT2D eigenvalue weighted by Gasteiger charge is -2.18. The molecule has 2 heterocycles. The molecule has 0 saturated carbocycles. The van der Waals surface area contributed by atoms with Crippen LogP contribution >= 0.6 is 0 Å². The molecule has 0 unspecified atom stereocenters. The van der Waals surface area contributed by atoms with Crippen LogP contribution in [0.2, 0.25) is 0 Å². The number of hydrogen-bond acceptors (Lipinski definition) is 5. The molecule has 1 aromatic carbocycles. The van der Waals surface area contributed by atoms with Crippen molar-refractivity contribution in [3.63, 3.8) is 0 Å². The lowest BCUT2D eigenvalue weighted by atomic mass is 10.1. The van der Waals surface area contributed by atoms with E-state index >= 15 is 0 Å². The third-order valence-electron chi connectivity index (χ3n) is 3.93. The quantitative estimate of drug-likeness (QED) is 0.502. The Morgan fingerprint density at radius 1 is 1.12 bits per heavy atom. The summed E-state index contributed by atoms with van der Waals surface area (Å²) in [5.74, 6) is -0.204. The highest BCUT2D eigenvalue weighted by Gasteiger charge is 2.26. The van der Waals surface area contributed by atoms with Crippen LogP contribution < -0.4 is 10.4 Å². The molecule has 0 fully saturated rings. The van der Waals surface area contributed by atoms with Gasteiger partial charge in [-0.1, -0.05) is 26.0 Å². The Balaban J connectivity index is 2.24. The zero-order valence-corrected chi connectivity index (χ0v) is 13.6. The van der Waals surface area contributed by atoms with Crippen LogP contribution in [0, 0.1) is 0 Å². The molecular weight excluding hydrogens is 308 g/mol. The van der Waals surface area contributed by atoms with Gasteiger partial charge in [0.05, 0.1) is 17.8 Å². The van der Waals surface area contributed by atoms with Crippen LogP contribution in [0.15, 0.2) is 56.3 Å². The highest BCUT2D eigenvalue weighted by Crippen LogP contribution is 2.30. The first-order chi connectivity index (χ1) is 11.7. The van der Waals surface area contributed by atoms with Crippen molar-refractivity contribution >= 4 is 16.8 Å². The predicted octanol–water partition coefficient (Wildman–Crippen LogP) is 4.18. The summed E-state index contributed by atoms with van der Waals surface area (Å²) in [6, 6.07) is 10.1. The molecule has 3 aromatic rings. The molecule has 0 aliphatic carbocycles. The van der Waals surface area contributed by atoms with E-state index in [1.165, 1.54) is 12.3 Å². The molecule has 0 radical (unpaired) electrons. The second-order valence-electron chi connectivity index (χ2n) is 5.45. The van der Waals surface area contributed by atoms with E-state index in [-0.39, 0.29) is 23.2 Å². The Bertz CT molecular complexity index is 901. The first-order valence-corrected chi connectivity index (χ1v) is 7.96. The van der Waals surface area contributed by atoms with Crippen LogP contribution in [0.5, 0.6) is 5.75 Å². The smallest absolute Gasteiger partial charge is 0.351 e. The molecule has 2 aromatic heterocycles. The fourth-order valence-corrected chi connectivity index (χ4v) is 2.59. The Hall–Kier alpha value is -2.82. The lowest BCUT2D eigenvalue weighted by molar-refractivity contribution is 0.0997. The summed E-state index contributed by atoms with van der Waals surface area (Å²) in [5, 5.41) is 0.596. The Morgan fingerprint density at radius 3 is 2.54 bits per heavy atom. The van der Waals surface area contributed by atoms with E-state index in [1.807, 2.05) is 19.9 Å². The number of benzene rings is 1. The number of rotatable bonds is 6. The van der Waals surface area contributed by atoms with Gasteiger partial charge in [-0.2, -0.15) is 0 Å². The second kappa shape index (κ2) is 6.74. The van der Waals surface area contributed by atoms with Gasteiger partial charge in [-0.05, 0) is 37.1 Å². The fourth-order valence-electron chi connectivity index (χ4n) is 2.59. The summed E-state index contributed by atoms with van der Waals surface area (Å²) in [6.07, 6.45) is 2.81. The molecule has 124 valence electrons. The van der Waals surface area contributed by atoms with Crippen molar-refractivity contribution < 1.29 is 18.4 Å². The molecule has 0 amide bonds. The van der Waals surface area contributed by atoms with Gasteiger partial charge in [-0.15, -0.1) is 0 Å². The van der Waals surface area contributed by atoms with Crippen LogP contribution in [0.4, 0.5) is 0 Å². The van der Waals surface area contributed by atoms with Gasteiger partial charge in [-0.25, -0.2) is 4.79 Å². The third kappa shape index (κ3) is 2.85. The minimum absolute atomic E-state index is 0.0759. The van der Waals surface area contributed by atoms with Gasteiger partial charge in [0.1, 0.15) is 11.3 Å². The van der Waals surface area contributed by atoms with Gasteiger partial charge in [0, 0.05) is 0 Å². The van der Waals surface area contributed by atoms with E-state index in [2.05, 4.69) is 0 Å². The topological polar surface area (TPSA) is 69.7 Å². The van der Waals surface area contributed by atoms with E-state index in [4.69, 9.17) is 13.6 Å². The number of hydrogen-bond donors (Lipinski definition) is 0. The first kappa shape index (κ1) is 16.1. The van der Waals surface area contributed by atoms with E-state index in [9.17, 15) is 9.59 Å². The number of para-hydroxylation sites is 1. The number of ether oxygens (including phenoxy) is 1. The lowest BCUT2D eigenvalue weighted by Crippen LogP contribution is -2.21. The van der Waals surface area contributed by atoms with Crippen molar-refractivity contribution in [2.24, 2.45) is 0 Å². The zero-order valence-electron chi connectivity index (χ0n) is 13.6. The number of carbonyl (C=O) groups is 1. The molecule has 0 aliphatic heterocycles. The van der Waals surface area contributed by atoms with Crippen LogP contribution in [-0.2, 0) is 0 Å². The summed E-state index contributed by atoms with van der Waals surface area (Å²) in [4.78, 5) is 25.2. The molecule has 0 N–H and O–H groups in total. The SMILES string of the molecule is CCC(CC)Oc1c(C(=O)c2ccco2)c(=O)oc2ccccc12. The van der Waals surface area contributed by atoms with E-state index in [0.717, 1.165) is 12.8 Å². The normalized spacial score (nSPS) is 11.1. The molecular formula is C19H18O5. The molecule has 0 aliphatic rings. The van der Waals surface area contributed by atoms with E-state index < -0.39 is 11.4 Å². The van der Waals surface area contributed by atoms with Gasteiger partial charge < -0.3 is 13.6 Å². The van der Waals surface area contributed by atoms with Gasteiger partial charge in [0.15, 0.2) is 11.3 Å². The molecule has 5 nitrogen and oxygen atoms in total. The minimum atomic E-state index is -0.726. The summed E-state index contributed by atoms with van der Waals surface area (Å²) in [6.45, 7) is 3.99. The first-order valence-electron chi connectivity index (χ1n) is 7.96. The van der Waals surface area contributed by atoms with Gasteiger partial charge in [-0.3, -0.25) is 4.79 Å². The molecule has 0 atom stereocenters. The highest BCUT2D eigenvalue weighted by atomic mass is 16.5. The molecule has 5 heteroatoms. The van der Waals surface area contributed by atoms with Crippen molar-refractivity contribution in [2.75, 3.05) is 0 Å². The van der Waals surface area contributed by atoms with Crippen molar-refractivity contribution in [1.29, 1.82) is 0 Å². The molecule has 0 saturated heterocycles. The van der Waals surface area contributed by atoms with Crippen molar-refractivity contribution in [2.45, 2.75) is 32.8 Å². The zero-order chi connectivity index (χ0) is 17.1. The summed E-state index contributed by atoms with van der Waals surface area (Å²) in [7, 11) is 0. The monoisotopic (exact) mass is 326 g/mol. The van der Waals surface area contributed by atoms with Crippen molar-refractivity contribution in [3.8, 4) is 5.75 Å². The number of fused-ring (bicyclic) bond motifs is 1. The van der Waals surface area contributed by atoms with Crippen LogP contribution in [0.3, 0.4) is 0 Å². The maximum atomic E-state index is 12.7. The third-order valence-corrected chi connectivity index (χ3v) is 3.93. The average molecular weight is 326 g/mol. The summed E-state index contributed by atoms with van der Waals surface area (Å²) < 4.78 is 16.5. The number of ketones is 1. The average Bonchev–Trinajstić information content (AvgIpc) is 3.13. The van der Waals surface area contributed by atoms with Crippen molar-refractivity contribution in [3.05, 3.63) is 64.4 Å². The minimum Gasteiger partial charge on any atom is -0.489 e. The van der Waals surface area contributed by atoms with Crippen LogP contribution in [0.1, 0.15) is 42.8 Å². The molecule has 0 bridgehead atoms. The van der Waals surface area contributed by atoms with Crippen LogP contribution in [-0.4, -0.2) is 11.9 Å². The summed E-state index contributed by atoms with van der Waals surface area (Å²) >= 11 is 0. The molecule has 24 heavy (non-hydrogen) atoms. The van der Waals surface area contributed by atoms with E-state index in [0.29, 0.717) is 11.0 Å². The maximum absolute atomic E-state index is 12.7. The van der Waals surface area contributed by atoms with Crippen molar-refractivity contribution in [1.82, 2.24) is 0 Å². The molecule has 3 rings (SSSR count). The number of furan rings is 1. The standard InChI is InChI=1S/C19H18O5/c1-3-12(4-2)23-18-13-8-5-6-9-14(13)24-19(21)16(18)17(20)15-10-7-11-22-15/h5-12H,3-4H2,1-2H3. The van der Waals surface area contributed by atoms with Gasteiger partial charge in [0.2, 0.25) is 5.78 Å². The van der Waals surface area contributed by atoms with E-state index in [1.54, 1.807) is 24.3 Å². The second-order valence-corrected chi connectivity index (χ2v) is 5.45. The Morgan fingerprint density at radius 2 is 1.88 bits per heavy atom. The van der Waals surface area contributed by atoms with Crippen LogP contribution in [0.25, 0.3) is 11.0 Å². The van der Waals surface area contributed by atoms with Gasteiger partial charge in [0.25, 0.3) is 0 Å².